The SMILES string of the molecule is O=C(O)Oc1ccccc1-c1cn2ccccc2n1. The van der Waals surface area contributed by atoms with Crippen LogP contribution in [0.3, 0.4) is 0 Å². The third kappa shape index (κ3) is 2.13. The third-order valence-corrected chi connectivity index (χ3v) is 2.72. The first kappa shape index (κ1) is 11.3. The lowest BCUT2D eigenvalue weighted by atomic mass is 10.1. The summed E-state index contributed by atoms with van der Waals surface area (Å²) < 4.78 is 6.63. The number of hydrogen-bond donors (Lipinski definition) is 1. The standard InChI is InChI=1S/C14H10N2O3/c17-14(18)19-12-6-2-1-5-10(12)11-9-16-8-4-3-7-13(16)15-11/h1-9H,(H,17,18). The Morgan fingerprint density at radius 1 is 1.16 bits per heavy atom. The fourth-order valence-electron chi connectivity index (χ4n) is 1.93. The Kier molecular flexibility index (Phi) is 2.64. The summed E-state index contributed by atoms with van der Waals surface area (Å²) in [7, 11) is 0. The molecule has 1 N–H and O–H groups in total. The van der Waals surface area contributed by atoms with Crippen molar-refractivity contribution in [3.8, 4) is 17.0 Å². The van der Waals surface area contributed by atoms with Gasteiger partial charge in [-0.05, 0) is 24.3 Å². The number of hydrogen-bond acceptors (Lipinski definition) is 3. The Morgan fingerprint density at radius 3 is 2.74 bits per heavy atom. The molecule has 1 aromatic carbocycles. The van der Waals surface area contributed by atoms with E-state index in [1.54, 1.807) is 18.2 Å². The Labute approximate surface area is 108 Å². The van der Waals surface area contributed by atoms with E-state index in [0.717, 1.165) is 5.65 Å². The minimum atomic E-state index is -1.34. The Morgan fingerprint density at radius 2 is 1.95 bits per heavy atom. The lowest BCUT2D eigenvalue weighted by Crippen LogP contribution is -2.03. The monoisotopic (exact) mass is 254 g/mol. The van der Waals surface area contributed by atoms with Gasteiger partial charge >= 0.3 is 6.16 Å². The summed E-state index contributed by atoms with van der Waals surface area (Å²) in [5.41, 5.74) is 2.11. The molecule has 3 rings (SSSR count). The summed E-state index contributed by atoms with van der Waals surface area (Å²) in [6.45, 7) is 0. The summed E-state index contributed by atoms with van der Waals surface area (Å²) in [5.74, 6) is 0.276. The van der Waals surface area contributed by atoms with Gasteiger partial charge in [-0.2, -0.15) is 0 Å². The predicted molar refractivity (Wildman–Crippen MR) is 69.3 cm³/mol. The molecule has 0 spiro atoms. The quantitative estimate of drug-likeness (QED) is 0.564. The normalized spacial score (nSPS) is 10.5. The second-order valence-corrected chi connectivity index (χ2v) is 3.96. The summed E-state index contributed by atoms with van der Waals surface area (Å²) in [6, 6.07) is 12.6. The van der Waals surface area contributed by atoms with Crippen molar-refractivity contribution in [2.45, 2.75) is 0 Å². The van der Waals surface area contributed by atoms with E-state index >= 15 is 0 Å². The first-order valence-electron chi connectivity index (χ1n) is 5.68. The topological polar surface area (TPSA) is 63.8 Å². The highest BCUT2D eigenvalue weighted by Gasteiger charge is 2.12. The van der Waals surface area contributed by atoms with E-state index in [2.05, 4.69) is 4.98 Å². The second-order valence-electron chi connectivity index (χ2n) is 3.96. The van der Waals surface area contributed by atoms with Crippen LogP contribution in [0.4, 0.5) is 4.79 Å². The number of benzene rings is 1. The van der Waals surface area contributed by atoms with E-state index in [1.165, 1.54) is 0 Å². The third-order valence-electron chi connectivity index (χ3n) is 2.72. The van der Waals surface area contributed by atoms with E-state index in [-0.39, 0.29) is 5.75 Å². The number of aromatic nitrogens is 2. The number of carbonyl (C=O) groups is 1. The maximum Gasteiger partial charge on any atom is 0.511 e. The number of nitrogens with zero attached hydrogens (tertiary/aromatic N) is 2. The number of carboxylic acid groups (broad SMARTS) is 1. The highest BCUT2D eigenvalue weighted by molar-refractivity contribution is 5.73. The average molecular weight is 254 g/mol. The van der Waals surface area contributed by atoms with Crippen LogP contribution in [-0.4, -0.2) is 20.6 Å². The van der Waals surface area contributed by atoms with E-state index in [1.807, 2.05) is 41.1 Å². The van der Waals surface area contributed by atoms with E-state index < -0.39 is 6.16 Å². The number of pyridine rings is 1. The molecule has 94 valence electrons. The predicted octanol–water partition coefficient (Wildman–Crippen LogP) is 3.06. The van der Waals surface area contributed by atoms with Gasteiger partial charge in [-0.25, -0.2) is 9.78 Å². The minimum absolute atomic E-state index is 0.276. The molecule has 0 aliphatic rings. The summed E-state index contributed by atoms with van der Waals surface area (Å²) >= 11 is 0. The Hall–Kier alpha value is -2.82. The highest BCUT2D eigenvalue weighted by atomic mass is 16.7. The molecule has 0 aliphatic heterocycles. The molecule has 0 aliphatic carbocycles. The maximum absolute atomic E-state index is 10.7. The van der Waals surface area contributed by atoms with E-state index in [4.69, 9.17) is 9.84 Å². The molecule has 0 atom stereocenters. The molecule has 3 aromatic rings. The second kappa shape index (κ2) is 4.45. The molecule has 0 saturated carbocycles. The van der Waals surface area contributed by atoms with Gasteiger partial charge < -0.3 is 14.2 Å². The van der Waals surface area contributed by atoms with Crippen LogP contribution in [0, 0.1) is 0 Å². The van der Waals surface area contributed by atoms with Crippen molar-refractivity contribution in [3.63, 3.8) is 0 Å². The van der Waals surface area contributed by atoms with E-state index in [0.29, 0.717) is 11.3 Å². The average Bonchev–Trinajstić information content (AvgIpc) is 2.82. The Balaban J connectivity index is 2.13. The number of para-hydroxylation sites is 1. The lowest BCUT2D eigenvalue weighted by molar-refractivity contribution is 0.144. The molecule has 2 aromatic heterocycles. The largest absolute Gasteiger partial charge is 0.511 e. The van der Waals surface area contributed by atoms with Gasteiger partial charge in [0.05, 0.1) is 5.69 Å². The molecule has 0 radical (unpaired) electrons. The van der Waals surface area contributed by atoms with Crippen molar-refractivity contribution >= 4 is 11.8 Å². The zero-order valence-corrected chi connectivity index (χ0v) is 9.85. The molecule has 5 heteroatoms. The van der Waals surface area contributed by atoms with Crippen LogP contribution >= 0.6 is 0 Å². The molecule has 0 saturated heterocycles. The fourth-order valence-corrected chi connectivity index (χ4v) is 1.93. The number of fused-ring (bicyclic) bond motifs is 1. The summed E-state index contributed by atoms with van der Waals surface area (Å²) in [4.78, 5) is 15.1. The summed E-state index contributed by atoms with van der Waals surface area (Å²) in [5, 5.41) is 8.73. The van der Waals surface area contributed by atoms with Gasteiger partial charge in [-0.1, -0.05) is 18.2 Å². The number of imidazole rings is 1. The smallest absolute Gasteiger partial charge is 0.449 e. The van der Waals surface area contributed by atoms with E-state index in [9.17, 15) is 4.79 Å². The van der Waals surface area contributed by atoms with Gasteiger partial charge in [0.15, 0.2) is 0 Å². The molecule has 0 unspecified atom stereocenters. The van der Waals surface area contributed by atoms with Gasteiger partial charge in [0.2, 0.25) is 0 Å². The van der Waals surface area contributed by atoms with Crippen molar-refractivity contribution in [2.75, 3.05) is 0 Å². The fraction of sp³-hybridized carbons (Fsp3) is 0. The minimum Gasteiger partial charge on any atom is -0.449 e. The van der Waals surface area contributed by atoms with Gasteiger partial charge in [0, 0.05) is 18.0 Å². The molecule has 5 nitrogen and oxygen atoms in total. The zero-order chi connectivity index (χ0) is 13.2. The lowest BCUT2D eigenvalue weighted by Gasteiger charge is -2.04. The first-order valence-corrected chi connectivity index (χ1v) is 5.68. The maximum atomic E-state index is 10.7. The molecule has 2 heterocycles. The van der Waals surface area contributed by atoms with Gasteiger partial charge in [-0.15, -0.1) is 0 Å². The van der Waals surface area contributed by atoms with Crippen LogP contribution in [0.15, 0.2) is 54.9 Å². The molecule has 0 amide bonds. The highest BCUT2D eigenvalue weighted by Crippen LogP contribution is 2.29. The number of rotatable bonds is 2. The van der Waals surface area contributed by atoms with Gasteiger partial charge in [0.25, 0.3) is 0 Å². The van der Waals surface area contributed by atoms with Crippen molar-refractivity contribution in [1.29, 1.82) is 0 Å². The van der Waals surface area contributed by atoms with Crippen molar-refractivity contribution < 1.29 is 14.6 Å². The van der Waals surface area contributed by atoms with Crippen molar-refractivity contribution in [1.82, 2.24) is 9.38 Å². The molecular formula is C14H10N2O3. The Bertz CT molecular complexity index is 716. The molecule has 19 heavy (non-hydrogen) atoms. The van der Waals surface area contributed by atoms with Crippen LogP contribution in [0.2, 0.25) is 0 Å². The van der Waals surface area contributed by atoms with Crippen LogP contribution in [0.1, 0.15) is 0 Å². The first-order chi connectivity index (χ1) is 9.24. The molecule has 0 fully saturated rings. The zero-order valence-electron chi connectivity index (χ0n) is 9.85. The number of ether oxygens (including phenoxy) is 1. The van der Waals surface area contributed by atoms with Crippen LogP contribution in [-0.2, 0) is 0 Å². The molecule has 0 bridgehead atoms. The van der Waals surface area contributed by atoms with Crippen LogP contribution in [0.25, 0.3) is 16.9 Å². The van der Waals surface area contributed by atoms with Crippen molar-refractivity contribution in [2.24, 2.45) is 0 Å². The van der Waals surface area contributed by atoms with Gasteiger partial charge in [-0.3, -0.25) is 0 Å². The van der Waals surface area contributed by atoms with Crippen molar-refractivity contribution in [3.05, 3.63) is 54.9 Å². The van der Waals surface area contributed by atoms with Crippen LogP contribution in [0.5, 0.6) is 5.75 Å². The van der Waals surface area contributed by atoms with Crippen LogP contribution < -0.4 is 4.74 Å². The van der Waals surface area contributed by atoms with Gasteiger partial charge in [0.1, 0.15) is 11.4 Å². The molecular weight excluding hydrogens is 244 g/mol. The summed E-state index contributed by atoms with van der Waals surface area (Å²) in [6.07, 6.45) is 2.38.